The van der Waals surface area contributed by atoms with E-state index in [0.717, 1.165) is 64.6 Å². The number of hydrogen-bond donors (Lipinski definition) is 0. The highest BCUT2D eigenvalue weighted by molar-refractivity contribution is 5.87. The zero-order chi connectivity index (χ0) is 21.8. The molecular formula is C25H25N7. The number of fused-ring (bicyclic) bond motifs is 2. The van der Waals surface area contributed by atoms with Crippen LogP contribution in [0.5, 0.6) is 0 Å². The summed E-state index contributed by atoms with van der Waals surface area (Å²) in [6, 6.07) is 10.6. The van der Waals surface area contributed by atoms with Crippen LogP contribution in [0.1, 0.15) is 25.3 Å². The van der Waals surface area contributed by atoms with Gasteiger partial charge in [-0.3, -0.25) is 4.68 Å². The van der Waals surface area contributed by atoms with Gasteiger partial charge in [-0.2, -0.15) is 15.5 Å². The Kier molecular flexibility index (Phi) is 4.29. The topological polar surface area (TPSA) is 75.0 Å². The first-order chi connectivity index (χ1) is 15.6. The maximum Gasteiger partial charge on any atom is 0.128 e. The van der Waals surface area contributed by atoms with Gasteiger partial charge in [-0.15, -0.1) is 0 Å². The Morgan fingerprint density at radius 3 is 2.53 bits per heavy atom. The number of aryl methyl sites for hydroxylation is 1. The Balaban J connectivity index is 1.38. The van der Waals surface area contributed by atoms with Crippen LogP contribution in [0.15, 0.2) is 49.1 Å². The molecule has 3 atom stereocenters. The maximum atomic E-state index is 9.63. The van der Waals surface area contributed by atoms with Crippen molar-refractivity contribution in [3.8, 4) is 28.5 Å². The second kappa shape index (κ2) is 7.20. The van der Waals surface area contributed by atoms with Gasteiger partial charge in [-0.25, -0.2) is 9.50 Å². The number of nitriles is 1. The summed E-state index contributed by atoms with van der Waals surface area (Å²) in [7, 11) is 1.90. The molecule has 4 aromatic rings. The van der Waals surface area contributed by atoms with Crippen molar-refractivity contribution in [2.45, 2.75) is 19.8 Å². The molecular weight excluding hydrogens is 398 g/mol. The van der Waals surface area contributed by atoms with E-state index in [4.69, 9.17) is 4.98 Å². The van der Waals surface area contributed by atoms with Crippen molar-refractivity contribution in [3.05, 3.63) is 54.6 Å². The van der Waals surface area contributed by atoms with Crippen LogP contribution in [-0.4, -0.2) is 37.5 Å². The van der Waals surface area contributed by atoms with Crippen LogP contribution < -0.4 is 4.90 Å². The van der Waals surface area contributed by atoms with E-state index in [2.05, 4.69) is 46.3 Å². The Bertz CT molecular complexity index is 1330. The van der Waals surface area contributed by atoms with Gasteiger partial charge in [0.1, 0.15) is 11.9 Å². The fraction of sp³-hybridized carbons (Fsp3) is 0.360. The molecule has 0 aromatic carbocycles. The summed E-state index contributed by atoms with van der Waals surface area (Å²) in [6.45, 7) is 4.60. The van der Waals surface area contributed by atoms with Gasteiger partial charge in [-0.1, -0.05) is 6.92 Å². The molecule has 160 valence electrons. The fourth-order valence-corrected chi connectivity index (χ4v) is 5.65. The number of aromatic nitrogens is 5. The molecule has 2 fully saturated rings. The predicted molar refractivity (Wildman–Crippen MR) is 123 cm³/mol. The molecule has 0 amide bonds. The number of hydrogen-bond acceptors (Lipinski definition) is 5. The lowest BCUT2D eigenvalue weighted by molar-refractivity contribution is 0.494. The second-order valence-electron chi connectivity index (χ2n) is 9.39. The lowest BCUT2D eigenvalue weighted by atomic mass is 10.0. The molecule has 4 aromatic heterocycles. The molecule has 1 saturated heterocycles. The average molecular weight is 424 g/mol. The van der Waals surface area contributed by atoms with Gasteiger partial charge in [0.25, 0.3) is 0 Å². The van der Waals surface area contributed by atoms with Crippen molar-refractivity contribution in [1.29, 1.82) is 5.26 Å². The Hall–Kier alpha value is -3.66. The van der Waals surface area contributed by atoms with Gasteiger partial charge in [0.2, 0.25) is 0 Å². The molecule has 7 nitrogen and oxygen atoms in total. The standard InChI is InChI=1S/C25H25N7/c1-16-7-18-13-31(14-19(18)8-16)24-4-3-17(11-27-24)22-9-20(23-5-6-30(2)29-23)15-32-25(22)21(10-26)12-28-32/h3-6,9,11-12,15-16,18-19H,7-8,13-14H2,1-2H3/t16-,18-,19+. The van der Waals surface area contributed by atoms with E-state index in [1.54, 1.807) is 15.4 Å². The highest BCUT2D eigenvalue weighted by atomic mass is 15.3. The van der Waals surface area contributed by atoms with Gasteiger partial charge < -0.3 is 4.90 Å². The van der Waals surface area contributed by atoms with Crippen molar-refractivity contribution >= 4 is 11.3 Å². The van der Waals surface area contributed by atoms with E-state index in [0.29, 0.717) is 5.56 Å². The van der Waals surface area contributed by atoms with Crippen molar-refractivity contribution in [2.24, 2.45) is 24.8 Å². The van der Waals surface area contributed by atoms with Gasteiger partial charge in [0.05, 0.1) is 23.0 Å². The first-order valence-corrected chi connectivity index (χ1v) is 11.2. The summed E-state index contributed by atoms with van der Waals surface area (Å²) < 4.78 is 3.56. The SMILES string of the molecule is C[C@@H]1C[C@@H]2CN(c3ccc(-c4cc(-c5ccn(C)n5)cn5ncc(C#N)c45)cn3)C[C@@H]2C1. The van der Waals surface area contributed by atoms with Gasteiger partial charge >= 0.3 is 0 Å². The first kappa shape index (κ1) is 19.1. The molecule has 0 N–H and O–H groups in total. The van der Waals surface area contributed by atoms with E-state index in [1.807, 2.05) is 31.7 Å². The third-order valence-corrected chi connectivity index (χ3v) is 7.11. The lowest BCUT2D eigenvalue weighted by Crippen LogP contribution is -2.22. The molecule has 5 heterocycles. The van der Waals surface area contributed by atoms with E-state index < -0.39 is 0 Å². The molecule has 0 bridgehead atoms. The summed E-state index contributed by atoms with van der Waals surface area (Å²) in [5.41, 5.74) is 5.08. The molecule has 0 radical (unpaired) electrons. The van der Waals surface area contributed by atoms with Crippen molar-refractivity contribution in [1.82, 2.24) is 24.4 Å². The normalized spacial score (nSPS) is 22.4. The van der Waals surface area contributed by atoms with Crippen molar-refractivity contribution < 1.29 is 0 Å². The van der Waals surface area contributed by atoms with Gasteiger partial charge in [-0.05, 0) is 54.9 Å². The Morgan fingerprint density at radius 1 is 1.06 bits per heavy atom. The second-order valence-corrected chi connectivity index (χ2v) is 9.39. The highest BCUT2D eigenvalue weighted by Crippen LogP contribution is 2.42. The molecule has 2 aliphatic rings. The van der Waals surface area contributed by atoms with Gasteiger partial charge in [0.15, 0.2) is 0 Å². The zero-order valence-electron chi connectivity index (χ0n) is 18.3. The molecule has 1 aliphatic carbocycles. The number of pyridine rings is 2. The van der Waals surface area contributed by atoms with Crippen LogP contribution in [0.25, 0.3) is 27.9 Å². The molecule has 0 spiro atoms. The van der Waals surface area contributed by atoms with E-state index in [9.17, 15) is 5.26 Å². The summed E-state index contributed by atoms with van der Waals surface area (Å²) >= 11 is 0. The number of nitrogens with zero attached hydrogens (tertiary/aromatic N) is 7. The molecule has 1 aliphatic heterocycles. The van der Waals surface area contributed by atoms with Gasteiger partial charge in [0, 0.05) is 55.4 Å². The summed E-state index contributed by atoms with van der Waals surface area (Å²) in [4.78, 5) is 7.27. The van der Waals surface area contributed by atoms with Crippen molar-refractivity contribution in [3.63, 3.8) is 0 Å². The smallest absolute Gasteiger partial charge is 0.128 e. The monoisotopic (exact) mass is 423 g/mol. The van der Waals surface area contributed by atoms with Crippen LogP contribution in [0.2, 0.25) is 0 Å². The largest absolute Gasteiger partial charge is 0.356 e. The molecule has 32 heavy (non-hydrogen) atoms. The zero-order valence-corrected chi connectivity index (χ0v) is 18.3. The molecule has 7 heteroatoms. The minimum absolute atomic E-state index is 0.554. The number of rotatable bonds is 3. The summed E-state index contributed by atoms with van der Waals surface area (Å²) in [5.74, 6) is 3.53. The van der Waals surface area contributed by atoms with Crippen molar-refractivity contribution in [2.75, 3.05) is 18.0 Å². The van der Waals surface area contributed by atoms with Crippen LogP contribution in [0.4, 0.5) is 5.82 Å². The predicted octanol–water partition coefficient (Wildman–Crippen LogP) is 4.15. The maximum absolute atomic E-state index is 9.63. The van der Waals surface area contributed by atoms with Crippen LogP contribution >= 0.6 is 0 Å². The van der Waals surface area contributed by atoms with E-state index in [-0.39, 0.29) is 0 Å². The average Bonchev–Trinajstić information content (AvgIpc) is 3.56. The number of anilines is 1. The Morgan fingerprint density at radius 2 is 1.88 bits per heavy atom. The molecule has 1 saturated carbocycles. The third kappa shape index (κ3) is 3.06. The fourth-order valence-electron chi connectivity index (χ4n) is 5.65. The van der Waals surface area contributed by atoms with Crippen LogP contribution in [0, 0.1) is 29.1 Å². The minimum Gasteiger partial charge on any atom is -0.356 e. The lowest BCUT2D eigenvalue weighted by Gasteiger charge is -2.19. The summed E-state index contributed by atoms with van der Waals surface area (Å²) in [6.07, 6.45) is 10.1. The molecule has 0 unspecified atom stereocenters. The summed E-state index contributed by atoms with van der Waals surface area (Å²) in [5, 5.41) is 18.6. The van der Waals surface area contributed by atoms with E-state index in [1.165, 1.54) is 12.8 Å². The Labute approximate surface area is 186 Å². The molecule has 6 rings (SSSR count). The third-order valence-electron chi connectivity index (χ3n) is 7.11. The van der Waals surface area contributed by atoms with Crippen LogP contribution in [0.3, 0.4) is 0 Å². The minimum atomic E-state index is 0.554. The van der Waals surface area contributed by atoms with Crippen LogP contribution in [-0.2, 0) is 7.05 Å². The van der Waals surface area contributed by atoms with E-state index >= 15 is 0 Å². The first-order valence-electron chi connectivity index (χ1n) is 11.2. The highest BCUT2D eigenvalue weighted by Gasteiger charge is 2.39. The quantitative estimate of drug-likeness (QED) is 0.495.